The van der Waals surface area contributed by atoms with Crippen LogP contribution in [0, 0.1) is 0 Å². The summed E-state index contributed by atoms with van der Waals surface area (Å²) in [4.78, 5) is 38.9. The second kappa shape index (κ2) is 7.03. The third-order valence-electron chi connectivity index (χ3n) is 4.53. The van der Waals surface area contributed by atoms with Gasteiger partial charge < -0.3 is 15.0 Å². The third-order valence-corrected chi connectivity index (χ3v) is 4.53. The average molecular weight is 330 g/mol. The van der Waals surface area contributed by atoms with Gasteiger partial charge in [0.25, 0.3) is 0 Å². The van der Waals surface area contributed by atoms with Crippen LogP contribution in [-0.4, -0.2) is 47.7 Å². The van der Waals surface area contributed by atoms with Crippen molar-refractivity contribution in [1.29, 1.82) is 0 Å². The summed E-state index contributed by atoms with van der Waals surface area (Å²) in [6.45, 7) is 2.67. The Balaban J connectivity index is 1.67. The van der Waals surface area contributed by atoms with E-state index in [4.69, 9.17) is 4.74 Å². The molecule has 128 valence electrons. The van der Waals surface area contributed by atoms with E-state index < -0.39 is 12.1 Å². The topological polar surface area (TPSA) is 75.7 Å². The highest BCUT2D eigenvalue weighted by Gasteiger charge is 2.37. The van der Waals surface area contributed by atoms with E-state index in [0.717, 1.165) is 12.8 Å². The Labute approximate surface area is 141 Å². The lowest BCUT2D eigenvalue weighted by Crippen LogP contribution is -2.53. The number of rotatable bonds is 4. The van der Waals surface area contributed by atoms with Gasteiger partial charge in [0.2, 0.25) is 11.8 Å². The van der Waals surface area contributed by atoms with Crippen molar-refractivity contribution < 1.29 is 19.1 Å². The molecule has 0 aliphatic carbocycles. The van der Waals surface area contributed by atoms with Gasteiger partial charge in [-0.05, 0) is 31.4 Å². The Morgan fingerprint density at radius 1 is 1.33 bits per heavy atom. The zero-order valence-electron chi connectivity index (χ0n) is 13.8. The number of benzene rings is 1. The van der Waals surface area contributed by atoms with E-state index in [-0.39, 0.29) is 24.2 Å². The van der Waals surface area contributed by atoms with E-state index in [1.807, 2.05) is 6.92 Å². The first-order chi connectivity index (χ1) is 11.6. The first-order valence-electron chi connectivity index (χ1n) is 8.47. The van der Waals surface area contributed by atoms with Crippen LogP contribution in [0.4, 0.5) is 0 Å². The van der Waals surface area contributed by atoms with Gasteiger partial charge in [-0.1, -0.05) is 19.1 Å². The van der Waals surface area contributed by atoms with Crippen LogP contribution in [0.5, 0.6) is 5.75 Å². The molecule has 2 atom stereocenters. The number of likely N-dealkylation sites (tertiary alicyclic amines) is 1. The number of ketones is 1. The van der Waals surface area contributed by atoms with Crippen LogP contribution in [0.25, 0.3) is 0 Å². The predicted molar refractivity (Wildman–Crippen MR) is 87.8 cm³/mol. The van der Waals surface area contributed by atoms with Crippen molar-refractivity contribution in [3.8, 4) is 5.75 Å². The summed E-state index contributed by atoms with van der Waals surface area (Å²) in [5.41, 5.74) is 0.486. The number of hydrogen-bond acceptors (Lipinski definition) is 4. The predicted octanol–water partition coefficient (Wildman–Crippen LogP) is 1.54. The molecule has 2 amide bonds. The SMILES string of the molecule is CCCC(=O)N1CCC[C@@H]1C(=O)N[C@H]1COc2ccccc2C1=O. The molecule has 0 radical (unpaired) electrons. The normalized spacial score (nSPS) is 22.7. The molecule has 0 spiro atoms. The van der Waals surface area contributed by atoms with Crippen LogP contribution in [-0.2, 0) is 9.59 Å². The summed E-state index contributed by atoms with van der Waals surface area (Å²) in [6, 6.07) is 5.84. The molecule has 1 aromatic rings. The number of carbonyl (C=O) groups excluding carboxylic acids is 3. The van der Waals surface area contributed by atoms with Gasteiger partial charge in [-0.25, -0.2) is 0 Å². The van der Waals surface area contributed by atoms with Gasteiger partial charge in [-0.3, -0.25) is 14.4 Å². The summed E-state index contributed by atoms with van der Waals surface area (Å²) in [7, 11) is 0. The van der Waals surface area contributed by atoms with E-state index in [2.05, 4.69) is 5.32 Å². The number of fused-ring (bicyclic) bond motifs is 1. The maximum Gasteiger partial charge on any atom is 0.243 e. The van der Waals surface area contributed by atoms with Gasteiger partial charge in [0, 0.05) is 13.0 Å². The number of nitrogens with one attached hydrogen (secondary N) is 1. The van der Waals surface area contributed by atoms with Crippen molar-refractivity contribution in [1.82, 2.24) is 10.2 Å². The van der Waals surface area contributed by atoms with Gasteiger partial charge in [-0.2, -0.15) is 0 Å². The van der Waals surface area contributed by atoms with Gasteiger partial charge >= 0.3 is 0 Å². The van der Waals surface area contributed by atoms with Crippen LogP contribution >= 0.6 is 0 Å². The Kier molecular flexibility index (Phi) is 4.83. The molecular formula is C18H22N2O4. The minimum Gasteiger partial charge on any atom is -0.490 e. The van der Waals surface area contributed by atoms with Crippen molar-refractivity contribution in [2.75, 3.05) is 13.2 Å². The van der Waals surface area contributed by atoms with E-state index in [9.17, 15) is 14.4 Å². The quantitative estimate of drug-likeness (QED) is 0.908. The third kappa shape index (κ3) is 3.13. The second-order valence-corrected chi connectivity index (χ2v) is 6.23. The highest BCUT2D eigenvalue weighted by molar-refractivity contribution is 6.05. The van der Waals surface area contributed by atoms with Crippen LogP contribution < -0.4 is 10.1 Å². The number of nitrogens with zero attached hydrogens (tertiary/aromatic N) is 1. The first-order valence-corrected chi connectivity index (χ1v) is 8.47. The van der Waals surface area contributed by atoms with Crippen LogP contribution in [0.2, 0.25) is 0 Å². The Morgan fingerprint density at radius 3 is 2.92 bits per heavy atom. The van der Waals surface area contributed by atoms with Gasteiger partial charge in [0.15, 0.2) is 5.78 Å². The number of ether oxygens (including phenoxy) is 1. The molecule has 6 nitrogen and oxygen atoms in total. The summed E-state index contributed by atoms with van der Waals surface area (Å²) in [6.07, 6.45) is 2.66. The zero-order chi connectivity index (χ0) is 17.1. The van der Waals surface area contributed by atoms with Crippen LogP contribution in [0.15, 0.2) is 24.3 Å². The Morgan fingerprint density at radius 2 is 2.12 bits per heavy atom. The molecule has 1 N–H and O–H groups in total. The van der Waals surface area contributed by atoms with E-state index >= 15 is 0 Å². The molecule has 2 heterocycles. The number of para-hydroxylation sites is 1. The van der Waals surface area contributed by atoms with Crippen molar-refractivity contribution in [2.45, 2.75) is 44.7 Å². The fraction of sp³-hybridized carbons (Fsp3) is 0.500. The van der Waals surface area contributed by atoms with Gasteiger partial charge in [-0.15, -0.1) is 0 Å². The number of amides is 2. The van der Waals surface area contributed by atoms with Crippen molar-refractivity contribution in [3.05, 3.63) is 29.8 Å². The molecule has 1 aromatic carbocycles. The summed E-state index contributed by atoms with van der Waals surface area (Å²) >= 11 is 0. The lowest BCUT2D eigenvalue weighted by molar-refractivity contribution is -0.138. The zero-order valence-corrected chi connectivity index (χ0v) is 13.8. The molecule has 2 aliphatic rings. The second-order valence-electron chi connectivity index (χ2n) is 6.23. The molecule has 24 heavy (non-hydrogen) atoms. The fourth-order valence-corrected chi connectivity index (χ4v) is 3.30. The smallest absolute Gasteiger partial charge is 0.243 e. The lowest BCUT2D eigenvalue weighted by Gasteiger charge is -2.28. The molecule has 2 aliphatic heterocycles. The van der Waals surface area contributed by atoms with Crippen LogP contribution in [0.3, 0.4) is 0 Å². The molecule has 1 saturated heterocycles. The van der Waals surface area contributed by atoms with Crippen molar-refractivity contribution in [2.24, 2.45) is 0 Å². The van der Waals surface area contributed by atoms with Gasteiger partial charge in [0.1, 0.15) is 24.4 Å². The van der Waals surface area contributed by atoms with Crippen LogP contribution in [0.1, 0.15) is 43.0 Å². The summed E-state index contributed by atoms with van der Waals surface area (Å²) in [5.74, 6) is 0.147. The van der Waals surface area contributed by atoms with Gasteiger partial charge in [0.05, 0.1) is 5.56 Å². The van der Waals surface area contributed by atoms with E-state index in [0.29, 0.717) is 30.7 Å². The highest BCUT2D eigenvalue weighted by atomic mass is 16.5. The standard InChI is InChI=1S/C18H22N2O4/c1-2-6-16(21)20-10-5-8-14(20)18(23)19-13-11-24-15-9-4-3-7-12(15)17(13)22/h3-4,7,9,13-14H,2,5-6,8,10-11H2,1H3,(H,19,23)/t13-,14+/m0/s1. The highest BCUT2D eigenvalue weighted by Crippen LogP contribution is 2.25. The Hall–Kier alpha value is -2.37. The molecular weight excluding hydrogens is 308 g/mol. The fourth-order valence-electron chi connectivity index (χ4n) is 3.30. The molecule has 3 rings (SSSR count). The molecule has 6 heteroatoms. The molecule has 0 aromatic heterocycles. The number of carbonyl (C=O) groups is 3. The monoisotopic (exact) mass is 330 g/mol. The minimum absolute atomic E-state index is 0.00622. The van der Waals surface area contributed by atoms with E-state index in [1.54, 1.807) is 29.2 Å². The largest absolute Gasteiger partial charge is 0.490 e. The molecule has 0 unspecified atom stereocenters. The number of hydrogen-bond donors (Lipinski definition) is 1. The summed E-state index contributed by atoms with van der Waals surface area (Å²) in [5, 5.41) is 2.77. The Bertz CT molecular complexity index is 658. The van der Waals surface area contributed by atoms with E-state index in [1.165, 1.54) is 0 Å². The first kappa shape index (κ1) is 16.5. The average Bonchev–Trinajstić information content (AvgIpc) is 3.08. The molecule has 0 saturated carbocycles. The maximum absolute atomic E-state index is 12.6. The number of Topliss-reactive ketones (excluding diaryl/α,β-unsaturated/α-hetero) is 1. The summed E-state index contributed by atoms with van der Waals surface area (Å²) < 4.78 is 5.57. The molecule has 1 fully saturated rings. The molecule has 0 bridgehead atoms. The maximum atomic E-state index is 12.6. The minimum atomic E-state index is -0.698. The van der Waals surface area contributed by atoms with Crippen molar-refractivity contribution in [3.63, 3.8) is 0 Å². The van der Waals surface area contributed by atoms with Crippen molar-refractivity contribution >= 4 is 17.6 Å². The lowest BCUT2D eigenvalue weighted by atomic mass is 10.0.